The highest BCUT2D eigenvalue weighted by atomic mass is 19.1. The minimum absolute atomic E-state index is 0.0405. The van der Waals surface area contributed by atoms with E-state index in [2.05, 4.69) is 5.32 Å². The zero-order valence-corrected chi connectivity index (χ0v) is 14.1. The molecule has 0 aliphatic carbocycles. The van der Waals surface area contributed by atoms with E-state index < -0.39 is 11.0 Å². The van der Waals surface area contributed by atoms with E-state index in [1.54, 1.807) is 24.3 Å². The van der Waals surface area contributed by atoms with Gasteiger partial charge in [-0.1, -0.05) is 18.2 Å². The standard InChI is InChI=1S/C18H21FN2O4/c1-12(9-17(22)14-4-6-15(19)7-5-14)20-11-13-3-8-18(25-2)16(10-13)21(23)24/h3-8,10,12,17,20,22H,9,11H2,1-2H3. The van der Waals surface area contributed by atoms with Crippen molar-refractivity contribution < 1.29 is 19.2 Å². The van der Waals surface area contributed by atoms with Crippen LogP contribution in [-0.2, 0) is 6.54 Å². The number of halogens is 1. The van der Waals surface area contributed by atoms with Crippen molar-refractivity contribution in [2.45, 2.75) is 32.0 Å². The zero-order valence-electron chi connectivity index (χ0n) is 14.1. The number of aliphatic hydroxyl groups is 1. The van der Waals surface area contributed by atoms with Gasteiger partial charge in [0, 0.05) is 18.7 Å². The number of rotatable bonds is 8. The predicted molar refractivity (Wildman–Crippen MR) is 91.9 cm³/mol. The molecule has 0 bridgehead atoms. The van der Waals surface area contributed by atoms with Gasteiger partial charge in [-0.2, -0.15) is 0 Å². The molecular weight excluding hydrogens is 327 g/mol. The molecule has 0 radical (unpaired) electrons. The monoisotopic (exact) mass is 348 g/mol. The van der Waals surface area contributed by atoms with Gasteiger partial charge in [-0.15, -0.1) is 0 Å². The minimum atomic E-state index is -0.715. The lowest BCUT2D eigenvalue weighted by atomic mass is 10.0. The number of ether oxygens (including phenoxy) is 1. The Hall–Kier alpha value is -2.51. The van der Waals surface area contributed by atoms with Crippen LogP contribution in [0.4, 0.5) is 10.1 Å². The molecular formula is C18H21FN2O4. The molecule has 2 unspecified atom stereocenters. The van der Waals surface area contributed by atoms with E-state index in [1.165, 1.54) is 25.3 Å². The van der Waals surface area contributed by atoms with Crippen molar-refractivity contribution in [1.29, 1.82) is 0 Å². The van der Waals surface area contributed by atoms with Gasteiger partial charge in [0.1, 0.15) is 5.82 Å². The Balaban J connectivity index is 1.93. The summed E-state index contributed by atoms with van der Waals surface area (Å²) in [4.78, 5) is 10.6. The first-order chi connectivity index (χ1) is 11.9. The summed E-state index contributed by atoms with van der Waals surface area (Å²) in [5.41, 5.74) is 1.31. The van der Waals surface area contributed by atoms with Crippen LogP contribution in [0.5, 0.6) is 5.75 Å². The molecule has 134 valence electrons. The topological polar surface area (TPSA) is 84.6 Å². The fourth-order valence-corrected chi connectivity index (χ4v) is 2.52. The minimum Gasteiger partial charge on any atom is -0.490 e. The molecule has 2 N–H and O–H groups in total. The Morgan fingerprint density at radius 1 is 1.28 bits per heavy atom. The number of nitro benzene ring substituents is 1. The highest BCUT2D eigenvalue weighted by Crippen LogP contribution is 2.27. The highest BCUT2D eigenvalue weighted by molar-refractivity contribution is 5.48. The average molecular weight is 348 g/mol. The second-order valence-corrected chi connectivity index (χ2v) is 5.85. The summed E-state index contributed by atoms with van der Waals surface area (Å²) in [7, 11) is 1.39. The molecule has 2 atom stereocenters. The molecule has 0 heterocycles. The molecule has 25 heavy (non-hydrogen) atoms. The fourth-order valence-electron chi connectivity index (χ4n) is 2.52. The maximum atomic E-state index is 12.9. The first kappa shape index (κ1) is 18.8. The van der Waals surface area contributed by atoms with E-state index in [0.29, 0.717) is 18.5 Å². The van der Waals surface area contributed by atoms with Gasteiger partial charge in [-0.05, 0) is 42.7 Å². The SMILES string of the molecule is COc1ccc(CNC(C)CC(O)c2ccc(F)cc2)cc1[N+](=O)[O-]. The number of methoxy groups -OCH3 is 1. The van der Waals surface area contributed by atoms with Gasteiger partial charge >= 0.3 is 5.69 Å². The molecule has 6 nitrogen and oxygen atoms in total. The number of nitrogens with zero attached hydrogens (tertiary/aromatic N) is 1. The smallest absolute Gasteiger partial charge is 0.311 e. The van der Waals surface area contributed by atoms with Gasteiger partial charge in [-0.3, -0.25) is 10.1 Å². The Labute approximate surface area is 145 Å². The van der Waals surface area contributed by atoms with Crippen molar-refractivity contribution in [3.8, 4) is 5.75 Å². The van der Waals surface area contributed by atoms with Gasteiger partial charge in [0.15, 0.2) is 5.75 Å². The Bertz CT molecular complexity index is 722. The van der Waals surface area contributed by atoms with E-state index in [9.17, 15) is 19.6 Å². The first-order valence-electron chi connectivity index (χ1n) is 7.89. The molecule has 0 fully saturated rings. The fraction of sp³-hybridized carbons (Fsp3) is 0.333. The lowest BCUT2D eigenvalue weighted by Gasteiger charge is -2.18. The van der Waals surface area contributed by atoms with Crippen LogP contribution in [0, 0.1) is 15.9 Å². The van der Waals surface area contributed by atoms with Gasteiger partial charge < -0.3 is 15.2 Å². The molecule has 0 aliphatic rings. The maximum absolute atomic E-state index is 12.9. The summed E-state index contributed by atoms with van der Waals surface area (Å²) in [5, 5.41) is 24.5. The molecule has 2 aromatic rings. The predicted octanol–water partition coefficient (Wildman–Crippen LogP) is 3.34. The Morgan fingerprint density at radius 2 is 1.96 bits per heavy atom. The lowest BCUT2D eigenvalue weighted by Crippen LogP contribution is -2.27. The van der Waals surface area contributed by atoms with Crippen molar-refractivity contribution in [3.63, 3.8) is 0 Å². The van der Waals surface area contributed by atoms with Crippen molar-refractivity contribution in [2.75, 3.05) is 7.11 Å². The van der Waals surface area contributed by atoms with Crippen LogP contribution in [0.3, 0.4) is 0 Å². The molecule has 0 spiro atoms. The van der Waals surface area contributed by atoms with Crippen molar-refractivity contribution >= 4 is 5.69 Å². The quantitative estimate of drug-likeness (QED) is 0.564. The second kappa shape index (κ2) is 8.55. The van der Waals surface area contributed by atoms with E-state index in [-0.39, 0.29) is 23.3 Å². The zero-order chi connectivity index (χ0) is 18.4. The summed E-state index contributed by atoms with van der Waals surface area (Å²) < 4.78 is 17.9. The maximum Gasteiger partial charge on any atom is 0.311 e. The summed E-state index contributed by atoms with van der Waals surface area (Å²) in [6.45, 7) is 2.33. The third kappa shape index (κ3) is 5.23. The average Bonchev–Trinajstić information content (AvgIpc) is 2.60. The van der Waals surface area contributed by atoms with Crippen molar-refractivity contribution in [3.05, 3.63) is 69.5 Å². The van der Waals surface area contributed by atoms with Crippen LogP contribution in [-0.4, -0.2) is 23.2 Å². The number of aliphatic hydroxyl groups excluding tert-OH is 1. The van der Waals surface area contributed by atoms with Crippen LogP contribution in [0.2, 0.25) is 0 Å². The first-order valence-corrected chi connectivity index (χ1v) is 7.89. The number of benzene rings is 2. The van der Waals surface area contributed by atoms with Gasteiger partial charge in [0.05, 0.1) is 18.1 Å². The molecule has 0 aliphatic heterocycles. The third-order valence-corrected chi connectivity index (χ3v) is 3.93. The second-order valence-electron chi connectivity index (χ2n) is 5.85. The largest absolute Gasteiger partial charge is 0.490 e. The molecule has 2 aromatic carbocycles. The number of nitro groups is 1. The van der Waals surface area contributed by atoms with Crippen molar-refractivity contribution in [2.24, 2.45) is 0 Å². The summed E-state index contributed by atoms with van der Waals surface area (Å²) in [5.74, 6) is -0.128. The molecule has 0 saturated carbocycles. The normalized spacial score (nSPS) is 13.3. The van der Waals surface area contributed by atoms with E-state index >= 15 is 0 Å². The van der Waals surface area contributed by atoms with Crippen LogP contribution in [0.25, 0.3) is 0 Å². The number of hydrogen-bond donors (Lipinski definition) is 2. The van der Waals surface area contributed by atoms with Crippen LogP contribution in [0.1, 0.15) is 30.6 Å². The molecule has 7 heteroatoms. The van der Waals surface area contributed by atoms with E-state index in [1.807, 2.05) is 6.92 Å². The Morgan fingerprint density at radius 3 is 2.56 bits per heavy atom. The van der Waals surface area contributed by atoms with E-state index in [0.717, 1.165) is 5.56 Å². The third-order valence-electron chi connectivity index (χ3n) is 3.93. The number of hydrogen-bond acceptors (Lipinski definition) is 5. The van der Waals surface area contributed by atoms with Crippen LogP contribution >= 0.6 is 0 Å². The molecule has 0 saturated heterocycles. The van der Waals surface area contributed by atoms with Crippen LogP contribution < -0.4 is 10.1 Å². The molecule has 2 rings (SSSR count). The van der Waals surface area contributed by atoms with Gasteiger partial charge in [0.2, 0.25) is 0 Å². The van der Waals surface area contributed by atoms with Crippen LogP contribution in [0.15, 0.2) is 42.5 Å². The lowest BCUT2D eigenvalue weighted by molar-refractivity contribution is -0.385. The molecule has 0 aromatic heterocycles. The summed E-state index contributed by atoms with van der Waals surface area (Å²) in [6.07, 6.45) is -0.280. The summed E-state index contributed by atoms with van der Waals surface area (Å²) >= 11 is 0. The van der Waals surface area contributed by atoms with Gasteiger partial charge in [0.25, 0.3) is 0 Å². The molecule has 0 amide bonds. The Kier molecular flexibility index (Phi) is 6.44. The number of nitrogens with one attached hydrogen (secondary N) is 1. The van der Waals surface area contributed by atoms with Gasteiger partial charge in [-0.25, -0.2) is 4.39 Å². The van der Waals surface area contributed by atoms with E-state index in [4.69, 9.17) is 4.74 Å². The highest BCUT2D eigenvalue weighted by Gasteiger charge is 2.16. The summed E-state index contributed by atoms with van der Waals surface area (Å²) in [6, 6.07) is 10.5. The van der Waals surface area contributed by atoms with Crippen molar-refractivity contribution in [1.82, 2.24) is 5.32 Å².